The third-order valence-electron chi connectivity index (χ3n) is 4.67. The molecule has 0 spiro atoms. The summed E-state index contributed by atoms with van der Waals surface area (Å²) in [6.45, 7) is 8.17. The van der Waals surface area contributed by atoms with Gasteiger partial charge in [-0.3, -0.25) is 0 Å². The Bertz CT molecular complexity index is 900. The summed E-state index contributed by atoms with van der Waals surface area (Å²) >= 11 is 0. The first-order valence-electron chi connectivity index (χ1n) is 9.26. The molecule has 0 aromatic heterocycles. The highest BCUT2D eigenvalue weighted by atomic mass is 14.1. The van der Waals surface area contributed by atoms with Crippen LogP contribution in [0.15, 0.2) is 91.6 Å². The van der Waals surface area contributed by atoms with E-state index in [1.54, 1.807) is 0 Å². The fourth-order valence-electron chi connectivity index (χ4n) is 3.18. The van der Waals surface area contributed by atoms with E-state index in [0.29, 0.717) is 0 Å². The SMILES string of the molecule is C=C/C(=C\C=C/C)c1cc(C2=CCCC=C2)cc(-c2ccc(C)cc2)c1. The summed E-state index contributed by atoms with van der Waals surface area (Å²) < 4.78 is 0. The van der Waals surface area contributed by atoms with Crippen LogP contribution in [-0.4, -0.2) is 0 Å². The topological polar surface area (TPSA) is 0 Å². The molecular formula is C26H26. The van der Waals surface area contributed by atoms with Gasteiger partial charge in [0.2, 0.25) is 0 Å². The van der Waals surface area contributed by atoms with Gasteiger partial charge in [-0.1, -0.05) is 78.9 Å². The van der Waals surface area contributed by atoms with Crippen LogP contribution in [0.4, 0.5) is 0 Å². The lowest BCUT2D eigenvalue weighted by Crippen LogP contribution is -1.92. The molecule has 1 aliphatic rings. The van der Waals surface area contributed by atoms with Gasteiger partial charge in [-0.15, -0.1) is 0 Å². The Morgan fingerprint density at radius 2 is 1.73 bits per heavy atom. The molecule has 26 heavy (non-hydrogen) atoms. The van der Waals surface area contributed by atoms with E-state index in [4.69, 9.17) is 0 Å². The molecule has 0 N–H and O–H groups in total. The van der Waals surface area contributed by atoms with Crippen molar-refractivity contribution in [1.82, 2.24) is 0 Å². The molecule has 130 valence electrons. The lowest BCUT2D eigenvalue weighted by Gasteiger charge is -2.14. The fourth-order valence-corrected chi connectivity index (χ4v) is 3.18. The van der Waals surface area contributed by atoms with Gasteiger partial charge in [0.15, 0.2) is 0 Å². The lowest BCUT2D eigenvalue weighted by atomic mass is 9.91. The van der Waals surface area contributed by atoms with E-state index in [0.717, 1.165) is 18.4 Å². The minimum Gasteiger partial charge on any atom is -0.0984 e. The van der Waals surface area contributed by atoms with Gasteiger partial charge < -0.3 is 0 Å². The number of aryl methyl sites for hydroxylation is 1. The first-order valence-corrected chi connectivity index (χ1v) is 9.26. The van der Waals surface area contributed by atoms with Crippen molar-refractivity contribution in [2.45, 2.75) is 26.7 Å². The van der Waals surface area contributed by atoms with Crippen molar-refractivity contribution < 1.29 is 0 Å². The van der Waals surface area contributed by atoms with Crippen LogP contribution in [0.3, 0.4) is 0 Å². The maximum atomic E-state index is 4.02. The van der Waals surface area contributed by atoms with Crippen molar-refractivity contribution in [3.8, 4) is 11.1 Å². The predicted octanol–water partition coefficient (Wildman–Crippen LogP) is 7.54. The largest absolute Gasteiger partial charge is 0.0984 e. The Hall–Kier alpha value is -2.86. The average molecular weight is 338 g/mol. The van der Waals surface area contributed by atoms with Gasteiger partial charge in [0, 0.05) is 0 Å². The van der Waals surface area contributed by atoms with Gasteiger partial charge in [0.25, 0.3) is 0 Å². The zero-order valence-corrected chi connectivity index (χ0v) is 15.7. The quantitative estimate of drug-likeness (QED) is 0.494. The molecule has 1 aliphatic carbocycles. The van der Waals surface area contributed by atoms with Gasteiger partial charge in [0.05, 0.1) is 0 Å². The van der Waals surface area contributed by atoms with E-state index in [1.807, 2.05) is 19.1 Å². The first-order chi connectivity index (χ1) is 12.7. The average Bonchev–Trinajstić information content (AvgIpc) is 2.69. The summed E-state index contributed by atoms with van der Waals surface area (Å²) in [7, 11) is 0. The van der Waals surface area contributed by atoms with Crippen LogP contribution in [0, 0.1) is 6.92 Å². The summed E-state index contributed by atoms with van der Waals surface area (Å²) in [5.74, 6) is 0. The monoisotopic (exact) mass is 338 g/mol. The van der Waals surface area contributed by atoms with E-state index in [-0.39, 0.29) is 0 Å². The third-order valence-corrected chi connectivity index (χ3v) is 4.67. The van der Waals surface area contributed by atoms with Gasteiger partial charge in [-0.25, -0.2) is 0 Å². The van der Waals surface area contributed by atoms with Crippen LogP contribution in [0.1, 0.15) is 36.5 Å². The molecule has 0 saturated carbocycles. The predicted molar refractivity (Wildman–Crippen MR) is 116 cm³/mol. The normalized spacial score (nSPS) is 14.5. The number of rotatable bonds is 5. The Labute approximate surface area is 157 Å². The second-order valence-electron chi connectivity index (χ2n) is 6.66. The molecular weight excluding hydrogens is 312 g/mol. The second-order valence-corrected chi connectivity index (χ2v) is 6.66. The van der Waals surface area contributed by atoms with Crippen LogP contribution in [0.25, 0.3) is 22.3 Å². The van der Waals surface area contributed by atoms with E-state index in [1.165, 1.54) is 33.4 Å². The molecule has 3 rings (SSSR count). The first kappa shape index (κ1) is 17.9. The number of benzene rings is 2. The number of hydrogen-bond acceptors (Lipinski definition) is 0. The minimum absolute atomic E-state index is 1.11. The van der Waals surface area contributed by atoms with Gasteiger partial charge in [-0.2, -0.15) is 0 Å². The maximum absolute atomic E-state index is 4.02. The molecule has 0 unspecified atom stereocenters. The van der Waals surface area contributed by atoms with E-state index >= 15 is 0 Å². The standard InChI is InChI=1S/C26H26/c1-4-6-10-21(5-2)24-17-25(22-11-8-7-9-12-22)19-26(18-24)23-15-13-20(3)14-16-23/h4-6,8,10-19H,2,7,9H2,1,3H3/b6-4-,21-10+. The van der Waals surface area contributed by atoms with Crippen molar-refractivity contribution in [3.63, 3.8) is 0 Å². The summed E-state index contributed by atoms with van der Waals surface area (Å²) in [6.07, 6.45) is 17.2. The summed E-state index contributed by atoms with van der Waals surface area (Å²) in [5.41, 5.74) is 8.68. The van der Waals surface area contributed by atoms with Crippen molar-refractivity contribution in [2.75, 3.05) is 0 Å². The second kappa shape index (κ2) is 8.49. The summed E-state index contributed by atoms with van der Waals surface area (Å²) in [5, 5.41) is 0. The van der Waals surface area contributed by atoms with Gasteiger partial charge in [0.1, 0.15) is 0 Å². The Balaban J connectivity index is 2.16. The molecule has 0 fully saturated rings. The molecule has 0 radical (unpaired) electrons. The lowest BCUT2D eigenvalue weighted by molar-refractivity contribution is 1.04. The van der Waals surface area contributed by atoms with Crippen molar-refractivity contribution >= 4 is 11.1 Å². The highest BCUT2D eigenvalue weighted by Crippen LogP contribution is 2.31. The maximum Gasteiger partial charge on any atom is -0.0172 e. The molecule has 0 heteroatoms. The Morgan fingerprint density at radius 3 is 2.38 bits per heavy atom. The van der Waals surface area contributed by atoms with Gasteiger partial charge >= 0.3 is 0 Å². The Morgan fingerprint density at radius 1 is 0.962 bits per heavy atom. The molecule has 0 amide bonds. The molecule has 0 atom stereocenters. The highest BCUT2D eigenvalue weighted by Gasteiger charge is 2.09. The van der Waals surface area contributed by atoms with Crippen LogP contribution >= 0.6 is 0 Å². The smallest absolute Gasteiger partial charge is 0.0172 e. The van der Waals surface area contributed by atoms with Crippen molar-refractivity contribution in [2.24, 2.45) is 0 Å². The molecule has 0 nitrogen and oxygen atoms in total. The zero-order valence-electron chi connectivity index (χ0n) is 15.7. The number of hydrogen-bond donors (Lipinski definition) is 0. The van der Waals surface area contributed by atoms with Crippen molar-refractivity contribution in [3.05, 3.63) is 108 Å². The van der Waals surface area contributed by atoms with Crippen LogP contribution < -0.4 is 0 Å². The van der Waals surface area contributed by atoms with E-state index in [2.05, 4.69) is 86.3 Å². The summed E-state index contributed by atoms with van der Waals surface area (Å²) in [4.78, 5) is 0. The molecule has 2 aromatic carbocycles. The zero-order chi connectivity index (χ0) is 18.4. The minimum atomic E-state index is 1.11. The molecule has 2 aromatic rings. The Kier molecular flexibility index (Phi) is 5.86. The van der Waals surface area contributed by atoms with Crippen LogP contribution in [-0.2, 0) is 0 Å². The fraction of sp³-hybridized carbons (Fsp3) is 0.154. The molecule has 0 saturated heterocycles. The third kappa shape index (κ3) is 4.21. The molecule has 0 bridgehead atoms. The van der Waals surface area contributed by atoms with Crippen molar-refractivity contribution in [1.29, 1.82) is 0 Å². The highest BCUT2D eigenvalue weighted by molar-refractivity contribution is 5.84. The van der Waals surface area contributed by atoms with Gasteiger partial charge in [-0.05, 0) is 78.3 Å². The van der Waals surface area contributed by atoms with E-state index < -0.39 is 0 Å². The summed E-state index contributed by atoms with van der Waals surface area (Å²) in [6, 6.07) is 15.6. The van der Waals surface area contributed by atoms with Crippen LogP contribution in [0.5, 0.6) is 0 Å². The molecule has 0 aliphatic heterocycles. The van der Waals surface area contributed by atoms with E-state index in [9.17, 15) is 0 Å². The molecule has 0 heterocycles. The number of allylic oxidation sites excluding steroid dienone is 9. The van der Waals surface area contributed by atoms with Crippen LogP contribution in [0.2, 0.25) is 0 Å².